The van der Waals surface area contributed by atoms with Crippen LogP contribution in [0.4, 0.5) is 4.79 Å². The second-order valence-electron chi connectivity index (χ2n) is 7.48. The lowest BCUT2D eigenvalue weighted by Crippen LogP contribution is -2.48. The van der Waals surface area contributed by atoms with E-state index >= 15 is 0 Å². The molecule has 1 heterocycles. The van der Waals surface area contributed by atoms with E-state index in [1.807, 2.05) is 24.3 Å². The molecule has 26 heavy (non-hydrogen) atoms. The normalized spacial score (nSPS) is 22.0. The van der Waals surface area contributed by atoms with Crippen molar-refractivity contribution in [1.29, 1.82) is 0 Å². The zero-order chi connectivity index (χ0) is 18.1. The molecule has 4 nitrogen and oxygen atoms in total. The Bertz CT molecular complexity index is 758. The maximum Gasteiger partial charge on any atom is 0.410 e. The molecule has 1 saturated heterocycles. The van der Waals surface area contributed by atoms with Gasteiger partial charge in [-0.3, -0.25) is 0 Å². The van der Waals surface area contributed by atoms with Gasteiger partial charge >= 0.3 is 6.09 Å². The lowest BCUT2D eigenvalue weighted by Gasteiger charge is -2.37. The first kappa shape index (κ1) is 17.1. The average Bonchev–Trinajstić information content (AvgIpc) is 3.00. The van der Waals surface area contributed by atoms with Crippen molar-refractivity contribution in [3.05, 3.63) is 59.7 Å². The first-order chi connectivity index (χ1) is 12.7. The van der Waals surface area contributed by atoms with Crippen molar-refractivity contribution in [2.45, 2.75) is 31.7 Å². The fourth-order valence-corrected chi connectivity index (χ4v) is 4.30. The highest BCUT2D eigenvalue weighted by Gasteiger charge is 2.33. The van der Waals surface area contributed by atoms with E-state index in [0.717, 1.165) is 12.8 Å². The molecule has 1 fully saturated rings. The van der Waals surface area contributed by atoms with Crippen LogP contribution in [0.2, 0.25) is 0 Å². The summed E-state index contributed by atoms with van der Waals surface area (Å²) in [6.07, 6.45) is 1.57. The number of piperidine rings is 1. The summed E-state index contributed by atoms with van der Waals surface area (Å²) in [6, 6.07) is 16.5. The van der Waals surface area contributed by atoms with Gasteiger partial charge in [-0.2, -0.15) is 0 Å². The number of carbonyl (C=O) groups excluding carboxylic acids is 1. The highest BCUT2D eigenvalue weighted by Crippen LogP contribution is 2.44. The number of hydrogen-bond donors (Lipinski definition) is 1. The number of aliphatic hydroxyl groups excluding tert-OH is 1. The Kier molecular flexibility index (Phi) is 4.68. The number of fused-ring (bicyclic) bond motifs is 3. The summed E-state index contributed by atoms with van der Waals surface area (Å²) in [5.74, 6) is 0.513. The molecule has 2 atom stereocenters. The minimum Gasteiger partial charge on any atom is -0.448 e. The van der Waals surface area contributed by atoms with E-state index in [0.29, 0.717) is 19.1 Å². The van der Waals surface area contributed by atoms with Crippen molar-refractivity contribution in [3.63, 3.8) is 0 Å². The summed E-state index contributed by atoms with van der Waals surface area (Å²) in [6.45, 7) is 3.12. The van der Waals surface area contributed by atoms with Crippen molar-refractivity contribution in [2.75, 3.05) is 19.8 Å². The van der Waals surface area contributed by atoms with Crippen molar-refractivity contribution in [3.8, 4) is 11.1 Å². The van der Waals surface area contributed by atoms with Gasteiger partial charge in [-0.05, 0) is 41.0 Å². The maximum absolute atomic E-state index is 12.7. The molecule has 0 saturated carbocycles. The molecule has 4 heteroatoms. The van der Waals surface area contributed by atoms with E-state index in [-0.39, 0.29) is 24.7 Å². The second-order valence-corrected chi connectivity index (χ2v) is 7.48. The number of rotatable bonds is 3. The van der Waals surface area contributed by atoms with Crippen LogP contribution in [0, 0.1) is 5.92 Å². The molecule has 0 radical (unpaired) electrons. The molecule has 1 N–H and O–H groups in total. The van der Waals surface area contributed by atoms with Crippen LogP contribution in [-0.4, -0.2) is 41.9 Å². The van der Waals surface area contributed by atoms with E-state index in [2.05, 4.69) is 31.2 Å². The highest BCUT2D eigenvalue weighted by atomic mass is 16.6. The van der Waals surface area contributed by atoms with E-state index in [1.54, 1.807) is 4.90 Å². The quantitative estimate of drug-likeness (QED) is 0.908. The molecule has 2 aliphatic rings. The second kappa shape index (κ2) is 7.12. The van der Waals surface area contributed by atoms with Gasteiger partial charge < -0.3 is 14.7 Å². The number of hydrogen-bond acceptors (Lipinski definition) is 3. The number of ether oxygens (including phenoxy) is 1. The Labute approximate surface area is 154 Å². The first-order valence-corrected chi connectivity index (χ1v) is 9.41. The monoisotopic (exact) mass is 351 g/mol. The third-order valence-corrected chi connectivity index (χ3v) is 5.72. The Morgan fingerprint density at radius 2 is 1.69 bits per heavy atom. The molecule has 1 amide bonds. The molecule has 1 aliphatic carbocycles. The lowest BCUT2D eigenvalue weighted by atomic mass is 9.95. The number of likely N-dealkylation sites (tertiary alicyclic amines) is 1. The van der Waals surface area contributed by atoms with Crippen LogP contribution < -0.4 is 0 Å². The fraction of sp³-hybridized carbons (Fsp3) is 0.409. The third-order valence-electron chi connectivity index (χ3n) is 5.72. The van der Waals surface area contributed by atoms with Gasteiger partial charge in [0.05, 0.1) is 12.6 Å². The number of benzene rings is 2. The van der Waals surface area contributed by atoms with Gasteiger partial charge in [0.15, 0.2) is 0 Å². The standard InChI is InChI=1S/C22H25NO3/c1-15-10-11-16(13-24)23(12-15)22(25)26-14-21-19-8-4-2-6-17(19)18-7-3-5-9-20(18)21/h2-9,15-16,21,24H,10-14H2,1H3. The van der Waals surface area contributed by atoms with Crippen molar-refractivity contribution in [2.24, 2.45) is 5.92 Å². The Balaban J connectivity index is 1.52. The van der Waals surface area contributed by atoms with Crippen molar-refractivity contribution < 1.29 is 14.6 Å². The largest absolute Gasteiger partial charge is 0.448 e. The summed E-state index contributed by atoms with van der Waals surface area (Å²) in [7, 11) is 0. The van der Waals surface area contributed by atoms with E-state index in [4.69, 9.17) is 4.74 Å². The predicted octanol–water partition coefficient (Wildman–Crippen LogP) is 4.03. The summed E-state index contributed by atoms with van der Waals surface area (Å²) in [5.41, 5.74) is 4.88. The van der Waals surface area contributed by atoms with E-state index in [9.17, 15) is 9.90 Å². The molecule has 0 spiro atoms. The van der Waals surface area contributed by atoms with Gasteiger partial charge in [0.1, 0.15) is 6.61 Å². The highest BCUT2D eigenvalue weighted by molar-refractivity contribution is 5.79. The average molecular weight is 351 g/mol. The molecule has 1 aliphatic heterocycles. The van der Waals surface area contributed by atoms with Gasteiger partial charge in [0.2, 0.25) is 0 Å². The summed E-state index contributed by atoms with van der Waals surface area (Å²) < 4.78 is 5.74. The van der Waals surface area contributed by atoms with E-state index in [1.165, 1.54) is 22.3 Å². The summed E-state index contributed by atoms with van der Waals surface area (Å²) in [5, 5.41) is 9.59. The summed E-state index contributed by atoms with van der Waals surface area (Å²) >= 11 is 0. The molecular weight excluding hydrogens is 326 g/mol. The Morgan fingerprint density at radius 3 is 2.31 bits per heavy atom. The minimum atomic E-state index is -0.308. The van der Waals surface area contributed by atoms with Gasteiger partial charge in [-0.25, -0.2) is 4.79 Å². The number of nitrogens with zero attached hydrogens (tertiary/aromatic N) is 1. The van der Waals surface area contributed by atoms with Crippen LogP contribution in [0.1, 0.15) is 36.8 Å². The molecule has 2 aromatic carbocycles. The van der Waals surface area contributed by atoms with Gasteiger partial charge in [-0.15, -0.1) is 0 Å². The molecule has 136 valence electrons. The van der Waals surface area contributed by atoms with E-state index < -0.39 is 0 Å². The van der Waals surface area contributed by atoms with Crippen molar-refractivity contribution >= 4 is 6.09 Å². The first-order valence-electron chi connectivity index (χ1n) is 9.41. The minimum absolute atomic E-state index is 0.00306. The molecule has 0 bridgehead atoms. The maximum atomic E-state index is 12.7. The van der Waals surface area contributed by atoms with Crippen LogP contribution in [0.5, 0.6) is 0 Å². The predicted molar refractivity (Wildman–Crippen MR) is 101 cm³/mol. The molecule has 4 rings (SSSR count). The fourth-order valence-electron chi connectivity index (χ4n) is 4.30. The lowest BCUT2D eigenvalue weighted by molar-refractivity contribution is 0.0404. The zero-order valence-corrected chi connectivity index (χ0v) is 15.1. The van der Waals surface area contributed by atoms with Crippen LogP contribution in [0.3, 0.4) is 0 Å². The topological polar surface area (TPSA) is 49.8 Å². The molecule has 2 aromatic rings. The van der Waals surface area contributed by atoms with Crippen LogP contribution in [-0.2, 0) is 4.74 Å². The van der Waals surface area contributed by atoms with Crippen LogP contribution in [0.25, 0.3) is 11.1 Å². The number of aliphatic hydroxyl groups is 1. The third kappa shape index (κ3) is 2.99. The summed E-state index contributed by atoms with van der Waals surface area (Å²) in [4.78, 5) is 14.4. The smallest absolute Gasteiger partial charge is 0.410 e. The SMILES string of the molecule is CC1CCC(CO)N(C(=O)OCC2c3ccccc3-c3ccccc32)C1. The van der Waals surface area contributed by atoms with Crippen LogP contribution >= 0.6 is 0 Å². The number of carbonyl (C=O) groups is 1. The zero-order valence-electron chi connectivity index (χ0n) is 15.1. The van der Waals surface area contributed by atoms with Crippen molar-refractivity contribution in [1.82, 2.24) is 4.90 Å². The van der Waals surface area contributed by atoms with Gasteiger partial charge in [0, 0.05) is 12.5 Å². The molecular formula is C22H25NO3. The van der Waals surface area contributed by atoms with Gasteiger partial charge in [0.25, 0.3) is 0 Å². The Morgan fingerprint density at radius 1 is 1.08 bits per heavy atom. The van der Waals surface area contributed by atoms with Crippen LogP contribution in [0.15, 0.2) is 48.5 Å². The molecule has 2 unspecified atom stereocenters. The number of amides is 1. The molecule has 0 aromatic heterocycles. The Hall–Kier alpha value is -2.33. The van der Waals surface area contributed by atoms with Gasteiger partial charge in [-0.1, -0.05) is 55.5 Å².